The van der Waals surface area contributed by atoms with Crippen molar-refractivity contribution in [3.05, 3.63) is 18.3 Å². The van der Waals surface area contributed by atoms with Crippen molar-refractivity contribution in [3.8, 4) is 0 Å². The highest BCUT2D eigenvalue weighted by Gasteiger charge is 2.20. The molecule has 2 heterocycles. The summed E-state index contributed by atoms with van der Waals surface area (Å²) in [6, 6.07) is 3.71. The van der Waals surface area contributed by atoms with Crippen LogP contribution < -0.4 is 10.6 Å². The van der Waals surface area contributed by atoms with E-state index in [1.807, 2.05) is 12.1 Å². The zero-order chi connectivity index (χ0) is 9.26. The maximum absolute atomic E-state index is 9.32. The highest BCUT2D eigenvalue weighted by Crippen LogP contribution is 2.18. The molecule has 0 aromatic carbocycles. The van der Waals surface area contributed by atoms with E-state index in [9.17, 15) is 5.11 Å². The van der Waals surface area contributed by atoms with Crippen molar-refractivity contribution in [3.63, 3.8) is 0 Å². The molecule has 0 radical (unpaired) electrons. The molecule has 0 spiro atoms. The topological polar surface area (TPSA) is 62.4 Å². The molecule has 4 nitrogen and oxygen atoms in total. The van der Waals surface area contributed by atoms with Crippen molar-refractivity contribution in [2.75, 3.05) is 23.7 Å². The van der Waals surface area contributed by atoms with Gasteiger partial charge in [-0.05, 0) is 18.6 Å². The summed E-state index contributed by atoms with van der Waals surface area (Å²) in [4.78, 5) is 6.24. The van der Waals surface area contributed by atoms with Crippen LogP contribution in [-0.2, 0) is 0 Å². The second-order valence-electron chi connectivity index (χ2n) is 3.34. The number of β-amino-alcohol motifs (C(OH)–C–C–N with tert-alkyl or cyclic N) is 1. The largest absolute Gasteiger partial charge is 0.397 e. The Bertz CT molecular complexity index is 297. The van der Waals surface area contributed by atoms with Gasteiger partial charge in [0.2, 0.25) is 0 Å². The molecule has 1 unspecified atom stereocenters. The van der Waals surface area contributed by atoms with Gasteiger partial charge >= 0.3 is 0 Å². The zero-order valence-corrected chi connectivity index (χ0v) is 11.0. The lowest BCUT2D eigenvalue weighted by atomic mass is 10.3. The van der Waals surface area contributed by atoms with Crippen LogP contribution in [0.15, 0.2) is 18.3 Å². The third kappa shape index (κ3) is 4.22. The van der Waals surface area contributed by atoms with Gasteiger partial charge in [-0.1, -0.05) is 0 Å². The van der Waals surface area contributed by atoms with Gasteiger partial charge in [0.15, 0.2) is 0 Å². The molecule has 1 fully saturated rings. The zero-order valence-electron chi connectivity index (χ0n) is 8.57. The number of aliphatic hydroxyl groups is 1. The molecule has 7 heteroatoms. The second kappa shape index (κ2) is 7.79. The standard InChI is InChI=1S/C9H13N3O.3ClH/c10-7-1-2-9(11-5-7)12-4-3-8(13)6-12;;;/h1-2,5,8,13H,3-4,6,10H2;3*1H. The van der Waals surface area contributed by atoms with Gasteiger partial charge in [-0.2, -0.15) is 0 Å². The first-order valence-electron chi connectivity index (χ1n) is 4.40. The van der Waals surface area contributed by atoms with Crippen molar-refractivity contribution in [1.29, 1.82) is 0 Å². The maximum Gasteiger partial charge on any atom is 0.128 e. The summed E-state index contributed by atoms with van der Waals surface area (Å²) in [6.07, 6.45) is 2.26. The van der Waals surface area contributed by atoms with Crippen LogP contribution in [0.4, 0.5) is 11.5 Å². The first kappa shape index (κ1) is 18.0. The maximum atomic E-state index is 9.32. The van der Waals surface area contributed by atoms with E-state index in [1.54, 1.807) is 6.20 Å². The summed E-state index contributed by atoms with van der Waals surface area (Å²) in [5.74, 6) is 0.894. The number of anilines is 2. The third-order valence-electron chi connectivity index (χ3n) is 2.26. The van der Waals surface area contributed by atoms with E-state index < -0.39 is 0 Å². The van der Waals surface area contributed by atoms with Gasteiger partial charge in [-0.25, -0.2) is 4.98 Å². The lowest BCUT2D eigenvalue weighted by Crippen LogP contribution is -2.22. The number of hydrogen-bond donors (Lipinski definition) is 2. The first-order valence-corrected chi connectivity index (χ1v) is 4.40. The molecule has 0 saturated carbocycles. The molecular weight excluding hydrogens is 272 g/mol. The molecule has 0 bridgehead atoms. The van der Waals surface area contributed by atoms with Crippen LogP contribution in [0.1, 0.15) is 6.42 Å². The first-order chi connectivity index (χ1) is 6.25. The van der Waals surface area contributed by atoms with Gasteiger partial charge in [0, 0.05) is 13.1 Å². The molecule has 1 aromatic heterocycles. The van der Waals surface area contributed by atoms with Gasteiger partial charge in [-0.3, -0.25) is 0 Å². The van der Waals surface area contributed by atoms with Crippen LogP contribution >= 0.6 is 37.2 Å². The highest BCUT2D eigenvalue weighted by molar-refractivity contribution is 5.86. The Balaban J connectivity index is 0. The van der Waals surface area contributed by atoms with Crippen molar-refractivity contribution < 1.29 is 5.11 Å². The lowest BCUT2D eigenvalue weighted by molar-refractivity contribution is 0.198. The number of pyridine rings is 1. The molecule has 1 atom stereocenters. The van der Waals surface area contributed by atoms with Crippen LogP contribution in [0.3, 0.4) is 0 Å². The molecular formula is C9H16Cl3N3O. The molecule has 1 aliphatic heterocycles. The van der Waals surface area contributed by atoms with E-state index in [-0.39, 0.29) is 43.3 Å². The van der Waals surface area contributed by atoms with Crippen LogP contribution in [0.25, 0.3) is 0 Å². The van der Waals surface area contributed by atoms with E-state index in [0.717, 1.165) is 18.8 Å². The molecule has 2 rings (SSSR count). The van der Waals surface area contributed by atoms with Crippen molar-refractivity contribution in [2.45, 2.75) is 12.5 Å². The lowest BCUT2D eigenvalue weighted by Gasteiger charge is -2.15. The predicted molar refractivity (Wildman–Crippen MR) is 73.2 cm³/mol. The van der Waals surface area contributed by atoms with E-state index in [1.165, 1.54) is 0 Å². The Hall–Kier alpha value is -0.420. The SMILES string of the molecule is Cl.Cl.Cl.Nc1ccc(N2CCC(O)C2)nc1. The Morgan fingerprint density at radius 3 is 2.44 bits per heavy atom. The van der Waals surface area contributed by atoms with Gasteiger partial charge < -0.3 is 15.7 Å². The van der Waals surface area contributed by atoms with Crippen LogP contribution in [0, 0.1) is 0 Å². The molecule has 16 heavy (non-hydrogen) atoms. The van der Waals surface area contributed by atoms with Crippen molar-refractivity contribution >= 4 is 48.7 Å². The average Bonchev–Trinajstić information content (AvgIpc) is 2.53. The van der Waals surface area contributed by atoms with Gasteiger partial charge in [0.05, 0.1) is 18.0 Å². The summed E-state index contributed by atoms with van der Waals surface area (Å²) in [6.45, 7) is 1.55. The number of nitrogens with zero attached hydrogens (tertiary/aromatic N) is 2. The number of rotatable bonds is 1. The van der Waals surface area contributed by atoms with Crippen LogP contribution in [0.5, 0.6) is 0 Å². The molecule has 1 aromatic rings. The Morgan fingerprint density at radius 1 is 1.31 bits per heavy atom. The minimum absolute atomic E-state index is 0. The molecule has 94 valence electrons. The number of nitrogen functional groups attached to an aromatic ring is 1. The van der Waals surface area contributed by atoms with Crippen LogP contribution in [0.2, 0.25) is 0 Å². The van der Waals surface area contributed by atoms with E-state index in [4.69, 9.17) is 5.73 Å². The second-order valence-corrected chi connectivity index (χ2v) is 3.34. The Kier molecular flexibility index (Phi) is 8.74. The van der Waals surface area contributed by atoms with Gasteiger partial charge in [-0.15, -0.1) is 37.2 Å². The predicted octanol–water partition coefficient (Wildman–Crippen LogP) is 1.50. The molecule has 1 aliphatic rings. The summed E-state index contributed by atoms with van der Waals surface area (Å²) in [7, 11) is 0. The van der Waals surface area contributed by atoms with Gasteiger partial charge in [0.1, 0.15) is 5.82 Å². The molecule has 1 saturated heterocycles. The van der Waals surface area contributed by atoms with Crippen LogP contribution in [-0.4, -0.2) is 29.3 Å². The highest BCUT2D eigenvalue weighted by atomic mass is 35.5. The van der Waals surface area contributed by atoms with Gasteiger partial charge in [0.25, 0.3) is 0 Å². The average molecular weight is 289 g/mol. The molecule has 3 N–H and O–H groups in total. The minimum Gasteiger partial charge on any atom is -0.397 e. The van der Waals surface area contributed by atoms with Crippen molar-refractivity contribution in [1.82, 2.24) is 4.98 Å². The molecule has 0 aliphatic carbocycles. The van der Waals surface area contributed by atoms with E-state index >= 15 is 0 Å². The summed E-state index contributed by atoms with van der Waals surface area (Å²) in [5.41, 5.74) is 6.19. The monoisotopic (exact) mass is 287 g/mol. The number of halogens is 3. The fourth-order valence-corrected chi connectivity index (χ4v) is 1.53. The number of nitrogens with two attached hydrogens (primary N) is 1. The fourth-order valence-electron chi connectivity index (χ4n) is 1.53. The van der Waals surface area contributed by atoms with Crippen molar-refractivity contribution in [2.24, 2.45) is 0 Å². The number of aliphatic hydroxyl groups excluding tert-OH is 1. The smallest absolute Gasteiger partial charge is 0.128 e. The fraction of sp³-hybridized carbons (Fsp3) is 0.444. The minimum atomic E-state index is -0.209. The summed E-state index contributed by atoms with van der Waals surface area (Å²) in [5, 5.41) is 9.32. The van der Waals surface area contributed by atoms with E-state index in [0.29, 0.717) is 12.2 Å². The Morgan fingerprint density at radius 2 is 2.00 bits per heavy atom. The third-order valence-corrected chi connectivity index (χ3v) is 2.26. The number of hydrogen-bond acceptors (Lipinski definition) is 4. The molecule has 0 amide bonds. The summed E-state index contributed by atoms with van der Waals surface area (Å²) < 4.78 is 0. The Labute approximate surface area is 113 Å². The summed E-state index contributed by atoms with van der Waals surface area (Å²) >= 11 is 0. The van der Waals surface area contributed by atoms with E-state index in [2.05, 4.69) is 9.88 Å². The quantitative estimate of drug-likeness (QED) is 0.822. The number of aromatic nitrogens is 1. The normalized spacial score (nSPS) is 18.1.